The topological polar surface area (TPSA) is 83.6 Å². The quantitative estimate of drug-likeness (QED) is 0.386. The van der Waals surface area contributed by atoms with Crippen molar-refractivity contribution < 1.29 is 23.5 Å². The predicted octanol–water partition coefficient (Wildman–Crippen LogP) is 5.68. The third kappa shape index (κ3) is 3.52. The summed E-state index contributed by atoms with van der Waals surface area (Å²) < 4.78 is 19.8. The maximum absolute atomic E-state index is 13.7. The smallest absolute Gasteiger partial charge is 0.296 e. The number of hydrogen-bond acceptors (Lipinski definition) is 6. The number of Topliss-reactive ketones (excluding diaryl/α,β-unsaturated/α-hetero) is 1. The van der Waals surface area contributed by atoms with Crippen LogP contribution in [-0.4, -0.2) is 21.8 Å². The number of benzene rings is 2. The van der Waals surface area contributed by atoms with Crippen molar-refractivity contribution in [3.05, 3.63) is 94.4 Å². The first-order valence-corrected chi connectivity index (χ1v) is 11.2. The Balaban J connectivity index is 1.67. The van der Waals surface area contributed by atoms with Crippen LogP contribution >= 0.6 is 11.3 Å². The lowest BCUT2D eigenvalue weighted by Gasteiger charge is -2.24. The number of aliphatic hydroxyl groups is 1. The van der Waals surface area contributed by atoms with Gasteiger partial charge < -0.3 is 9.52 Å². The highest BCUT2D eigenvalue weighted by Gasteiger charge is 2.46. The number of nitrogens with zero attached hydrogens (tertiary/aromatic N) is 2. The SMILES string of the molecule is CCc1ccc(C2C(C(=O)c3ccc(C)o3)=C(O)C(=O)N2c2nc3ccc(F)cc3s2)cc1. The van der Waals surface area contributed by atoms with Crippen LogP contribution in [0.4, 0.5) is 9.52 Å². The molecule has 1 aliphatic heterocycles. The first kappa shape index (κ1) is 21.1. The fourth-order valence-electron chi connectivity index (χ4n) is 3.96. The van der Waals surface area contributed by atoms with Crippen molar-refractivity contribution >= 4 is 38.4 Å². The van der Waals surface area contributed by atoms with E-state index < -0.39 is 29.3 Å². The van der Waals surface area contributed by atoms with Crippen molar-refractivity contribution in [2.45, 2.75) is 26.3 Å². The fourth-order valence-corrected chi connectivity index (χ4v) is 4.98. The lowest BCUT2D eigenvalue weighted by Crippen LogP contribution is -2.31. The van der Waals surface area contributed by atoms with E-state index in [4.69, 9.17) is 4.42 Å². The van der Waals surface area contributed by atoms with Crippen molar-refractivity contribution in [2.24, 2.45) is 0 Å². The molecule has 1 unspecified atom stereocenters. The number of rotatable bonds is 5. The molecule has 3 heterocycles. The molecule has 1 amide bonds. The van der Waals surface area contributed by atoms with E-state index in [9.17, 15) is 19.1 Å². The average molecular weight is 463 g/mol. The van der Waals surface area contributed by atoms with Crippen LogP contribution in [0.15, 0.2) is 70.3 Å². The molecular weight excluding hydrogens is 443 g/mol. The molecule has 8 heteroatoms. The molecular formula is C25H19FN2O4S. The molecule has 0 saturated carbocycles. The van der Waals surface area contributed by atoms with Gasteiger partial charge in [0.15, 0.2) is 16.7 Å². The zero-order chi connectivity index (χ0) is 23.3. The van der Waals surface area contributed by atoms with Gasteiger partial charge in [-0.25, -0.2) is 9.37 Å². The number of carbonyl (C=O) groups is 2. The highest BCUT2D eigenvalue weighted by atomic mass is 32.1. The van der Waals surface area contributed by atoms with E-state index in [1.165, 1.54) is 29.2 Å². The molecule has 166 valence electrons. The second-order valence-electron chi connectivity index (χ2n) is 7.78. The first-order valence-electron chi connectivity index (χ1n) is 10.4. The van der Waals surface area contributed by atoms with Gasteiger partial charge in [-0.1, -0.05) is 42.5 Å². The summed E-state index contributed by atoms with van der Waals surface area (Å²) in [7, 11) is 0. The van der Waals surface area contributed by atoms with Gasteiger partial charge >= 0.3 is 0 Å². The molecule has 0 fully saturated rings. The van der Waals surface area contributed by atoms with Crippen LogP contribution in [0.1, 0.15) is 40.4 Å². The van der Waals surface area contributed by atoms with Crippen LogP contribution in [0.3, 0.4) is 0 Å². The predicted molar refractivity (Wildman–Crippen MR) is 123 cm³/mol. The Labute approximate surface area is 192 Å². The number of aliphatic hydroxyl groups excluding tert-OH is 1. The number of ketones is 1. The molecule has 0 spiro atoms. The molecule has 1 atom stereocenters. The summed E-state index contributed by atoms with van der Waals surface area (Å²) in [4.78, 5) is 32.4. The number of aryl methyl sites for hydroxylation is 2. The summed E-state index contributed by atoms with van der Waals surface area (Å²) in [6, 6.07) is 13.9. The minimum absolute atomic E-state index is 0.0326. The maximum Gasteiger partial charge on any atom is 0.296 e. The average Bonchev–Trinajstić information content (AvgIpc) is 3.49. The largest absolute Gasteiger partial charge is 0.503 e. The van der Waals surface area contributed by atoms with E-state index in [1.54, 1.807) is 13.0 Å². The molecule has 2 aromatic heterocycles. The summed E-state index contributed by atoms with van der Waals surface area (Å²) in [6.45, 7) is 3.74. The Hall–Kier alpha value is -3.78. The third-order valence-electron chi connectivity index (χ3n) is 5.67. The fraction of sp³-hybridized carbons (Fsp3) is 0.160. The number of anilines is 1. The molecule has 6 nitrogen and oxygen atoms in total. The van der Waals surface area contributed by atoms with Gasteiger partial charge in [0.25, 0.3) is 5.91 Å². The molecule has 0 radical (unpaired) electrons. The number of amides is 1. The Morgan fingerprint density at radius 1 is 1.18 bits per heavy atom. The van der Waals surface area contributed by atoms with Gasteiger partial charge in [-0.05, 0) is 54.8 Å². The minimum Gasteiger partial charge on any atom is -0.503 e. The molecule has 0 aliphatic carbocycles. The van der Waals surface area contributed by atoms with E-state index >= 15 is 0 Å². The molecule has 1 N–H and O–H groups in total. The lowest BCUT2D eigenvalue weighted by atomic mass is 9.94. The Morgan fingerprint density at radius 2 is 1.94 bits per heavy atom. The second-order valence-corrected chi connectivity index (χ2v) is 8.79. The highest BCUT2D eigenvalue weighted by Crippen LogP contribution is 2.44. The van der Waals surface area contributed by atoms with E-state index in [2.05, 4.69) is 4.98 Å². The van der Waals surface area contributed by atoms with Crippen molar-refractivity contribution in [1.29, 1.82) is 0 Å². The molecule has 4 aromatic rings. The van der Waals surface area contributed by atoms with Crippen molar-refractivity contribution in [3.63, 3.8) is 0 Å². The van der Waals surface area contributed by atoms with Crippen LogP contribution in [0.5, 0.6) is 0 Å². The van der Waals surface area contributed by atoms with Crippen LogP contribution in [0.2, 0.25) is 0 Å². The summed E-state index contributed by atoms with van der Waals surface area (Å²) in [5, 5.41) is 11.1. The number of furan rings is 1. The van der Waals surface area contributed by atoms with Gasteiger partial charge in [-0.2, -0.15) is 0 Å². The van der Waals surface area contributed by atoms with E-state index in [0.717, 1.165) is 23.3 Å². The van der Waals surface area contributed by atoms with Crippen LogP contribution in [-0.2, 0) is 11.2 Å². The zero-order valence-electron chi connectivity index (χ0n) is 17.8. The first-order chi connectivity index (χ1) is 15.9. The zero-order valence-corrected chi connectivity index (χ0v) is 18.6. The molecule has 0 bridgehead atoms. The highest BCUT2D eigenvalue weighted by molar-refractivity contribution is 7.22. The van der Waals surface area contributed by atoms with Crippen molar-refractivity contribution in [3.8, 4) is 0 Å². The van der Waals surface area contributed by atoms with Gasteiger partial charge in [0.2, 0.25) is 5.78 Å². The van der Waals surface area contributed by atoms with E-state index in [-0.39, 0.29) is 16.5 Å². The summed E-state index contributed by atoms with van der Waals surface area (Å²) >= 11 is 1.12. The van der Waals surface area contributed by atoms with E-state index in [0.29, 0.717) is 21.5 Å². The third-order valence-corrected chi connectivity index (χ3v) is 6.68. The van der Waals surface area contributed by atoms with Crippen LogP contribution in [0.25, 0.3) is 10.2 Å². The molecule has 0 saturated heterocycles. The number of thiazole rings is 1. The van der Waals surface area contributed by atoms with Crippen molar-refractivity contribution in [1.82, 2.24) is 4.98 Å². The van der Waals surface area contributed by atoms with Crippen LogP contribution < -0.4 is 4.90 Å². The standard InChI is InChI=1S/C25H19FN2O4S/c1-3-14-5-7-15(8-6-14)21-20(22(29)18-11-4-13(2)32-18)23(30)24(31)28(21)25-27-17-10-9-16(26)12-19(17)33-25/h4-12,21,30H,3H2,1-2H3. The Bertz CT molecular complexity index is 1430. The Morgan fingerprint density at radius 3 is 2.61 bits per heavy atom. The molecule has 33 heavy (non-hydrogen) atoms. The minimum atomic E-state index is -0.910. The number of carbonyl (C=O) groups excluding carboxylic acids is 2. The van der Waals surface area contributed by atoms with Crippen LogP contribution in [0, 0.1) is 12.7 Å². The van der Waals surface area contributed by atoms with Gasteiger partial charge in [0.05, 0.1) is 21.8 Å². The number of fused-ring (bicyclic) bond motifs is 1. The normalized spacial score (nSPS) is 16.3. The monoisotopic (exact) mass is 462 g/mol. The summed E-state index contributed by atoms with van der Waals surface area (Å²) in [6.07, 6.45) is 0.829. The van der Waals surface area contributed by atoms with Crippen molar-refractivity contribution in [2.75, 3.05) is 4.90 Å². The van der Waals surface area contributed by atoms with Gasteiger partial charge in [0.1, 0.15) is 11.6 Å². The maximum atomic E-state index is 13.7. The number of hydrogen-bond donors (Lipinski definition) is 1. The summed E-state index contributed by atoms with van der Waals surface area (Å²) in [5.41, 5.74) is 2.17. The van der Waals surface area contributed by atoms with E-state index in [1.807, 2.05) is 31.2 Å². The van der Waals surface area contributed by atoms with Gasteiger partial charge in [-0.3, -0.25) is 14.5 Å². The molecule has 5 rings (SSSR count). The summed E-state index contributed by atoms with van der Waals surface area (Å²) in [5.74, 6) is -1.81. The number of halogens is 1. The van der Waals surface area contributed by atoms with Gasteiger partial charge in [-0.15, -0.1) is 0 Å². The molecule has 2 aromatic carbocycles. The second kappa shape index (κ2) is 7.97. The molecule has 1 aliphatic rings. The Kier molecular flexibility index (Phi) is 5.09. The number of aromatic nitrogens is 1. The lowest BCUT2D eigenvalue weighted by molar-refractivity contribution is -0.117. The van der Waals surface area contributed by atoms with Gasteiger partial charge in [0, 0.05) is 0 Å².